The van der Waals surface area contributed by atoms with Crippen LogP contribution in [0.2, 0.25) is 0 Å². The molecule has 2 heterocycles. The van der Waals surface area contributed by atoms with Crippen LogP contribution >= 0.6 is 11.3 Å². The van der Waals surface area contributed by atoms with E-state index in [2.05, 4.69) is 182 Å². The van der Waals surface area contributed by atoms with Gasteiger partial charge in [-0.25, -0.2) is 9.97 Å². The highest BCUT2D eigenvalue weighted by Crippen LogP contribution is 2.41. The summed E-state index contributed by atoms with van der Waals surface area (Å²) in [5, 5.41) is 5.68. The number of aromatic nitrogens is 2. The highest BCUT2D eigenvalue weighted by molar-refractivity contribution is 7.21. The maximum absolute atomic E-state index is 6.48. The molecular formula is C52H32N2OS. The number of nitrogens with zero attached hydrogens (tertiary/aromatic N) is 2. The average molecular weight is 733 g/mol. The molecule has 0 spiro atoms. The normalized spacial score (nSPS) is 11.6. The Bertz CT molecular complexity index is 2850. The van der Waals surface area contributed by atoms with Crippen LogP contribution in [0.4, 0.5) is 0 Å². The van der Waals surface area contributed by atoms with Gasteiger partial charge in [-0.1, -0.05) is 140 Å². The van der Waals surface area contributed by atoms with Crippen LogP contribution in [0, 0.1) is 0 Å². The lowest BCUT2D eigenvalue weighted by molar-refractivity contribution is 0.620. The van der Waals surface area contributed by atoms with Crippen LogP contribution in [-0.2, 0) is 0 Å². The summed E-state index contributed by atoms with van der Waals surface area (Å²) in [5.74, 6) is 0.614. The Hall–Kier alpha value is -7.14. The van der Waals surface area contributed by atoms with E-state index < -0.39 is 0 Å². The van der Waals surface area contributed by atoms with Crippen LogP contribution in [-0.4, -0.2) is 9.97 Å². The summed E-state index contributed by atoms with van der Waals surface area (Å²) in [6, 6.07) is 68.7. The Labute approximate surface area is 327 Å². The molecule has 0 amide bonds. The lowest BCUT2D eigenvalue weighted by Crippen LogP contribution is -1.86. The lowest BCUT2D eigenvalue weighted by Gasteiger charge is -2.10. The van der Waals surface area contributed by atoms with Gasteiger partial charge in [-0.15, -0.1) is 11.3 Å². The molecule has 11 aromatic rings. The minimum atomic E-state index is 0.614. The standard InChI is InChI=1S/C52H32N2OS/c1-5-13-33(14-6-1)43-29-47-49(31-45(43)35-17-9-3-10-18-35)55-51(53-47)39-23-21-37-26-42-28-40(24-22-38(42)25-41(37)27-39)52-54-48-30-44(34-15-7-2-8-16-34)46(32-50(48)56-52)36-19-11-4-12-20-36/h1-32H. The van der Waals surface area contributed by atoms with Crippen molar-refractivity contribution in [2.24, 2.45) is 0 Å². The van der Waals surface area contributed by atoms with E-state index in [1.165, 1.54) is 37.7 Å². The van der Waals surface area contributed by atoms with Crippen molar-refractivity contribution in [3.8, 4) is 66.5 Å². The molecule has 11 rings (SSSR count). The highest BCUT2D eigenvalue weighted by atomic mass is 32.1. The van der Waals surface area contributed by atoms with E-state index in [4.69, 9.17) is 14.4 Å². The van der Waals surface area contributed by atoms with E-state index in [0.717, 1.165) is 65.8 Å². The van der Waals surface area contributed by atoms with Gasteiger partial charge in [0.25, 0.3) is 0 Å². The van der Waals surface area contributed by atoms with Gasteiger partial charge < -0.3 is 4.42 Å². The van der Waals surface area contributed by atoms with Gasteiger partial charge in [-0.2, -0.15) is 0 Å². The van der Waals surface area contributed by atoms with E-state index in [9.17, 15) is 0 Å². The van der Waals surface area contributed by atoms with Crippen molar-refractivity contribution >= 4 is 54.2 Å². The second-order valence-corrected chi connectivity index (χ2v) is 15.2. The van der Waals surface area contributed by atoms with E-state index in [-0.39, 0.29) is 0 Å². The molecule has 0 radical (unpaired) electrons. The molecule has 3 nitrogen and oxygen atoms in total. The van der Waals surface area contributed by atoms with Crippen molar-refractivity contribution < 1.29 is 4.42 Å². The summed E-state index contributed by atoms with van der Waals surface area (Å²) in [5.41, 5.74) is 14.0. The quantitative estimate of drug-likeness (QED) is 0.160. The first-order valence-corrected chi connectivity index (χ1v) is 19.6. The molecule has 0 aliphatic rings. The lowest BCUT2D eigenvalue weighted by atomic mass is 9.94. The predicted molar refractivity (Wildman–Crippen MR) is 235 cm³/mol. The molecule has 262 valence electrons. The van der Waals surface area contributed by atoms with Crippen LogP contribution in [0.1, 0.15) is 0 Å². The van der Waals surface area contributed by atoms with E-state index in [1.54, 1.807) is 11.3 Å². The molecule has 0 saturated heterocycles. The average Bonchev–Trinajstić information content (AvgIpc) is 3.90. The zero-order valence-electron chi connectivity index (χ0n) is 30.2. The Morgan fingerprint density at radius 2 is 0.804 bits per heavy atom. The molecular weight excluding hydrogens is 701 g/mol. The number of hydrogen-bond acceptors (Lipinski definition) is 4. The fraction of sp³-hybridized carbons (Fsp3) is 0. The van der Waals surface area contributed by atoms with Crippen LogP contribution in [0.3, 0.4) is 0 Å². The predicted octanol–water partition coefficient (Wildman–Crippen LogP) is 14.7. The Morgan fingerprint density at radius 3 is 1.36 bits per heavy atom. The first-order valence-electron chi connectivity index (χ1n) is 18.8. The molecule has 0 aliphatic carbocycles. The zero-order valence-corrected chi connectivity index (χ0v) is 31.0. The molecule has 0 fully saturated rings. The molecule has 9 aromatic carbocycles. The molecule has 0 aliphatic heterocycles. The van der Waals surface area contributed by atoms with Gasteiger partial charge in [0.05, 0.1) is 10.2 Å². The highest BCUT2D eigenvalue weighted by Gasteiger charge is 2.17. The second-order valence-electron chi connectivity index (χ2n) is 14.2. The zero-order chi connectivity index (χ0) is 37.0. The molecule has 0 saturated carbocycles. The van der Waals surface area contributed by atoms with Crippen molar-refractivity contribution in [3.05, 3.63) is 194 Å². The van der Waals surface area contributed by atoms with Gasteiger partial charge >= 0.3 is 0 Å². The maximum atomic E-state index is 6.48. The summed E-state index contributed by atoms with van der Waals surface area (Å²) < 4.78 is 7.66. The van der Waals surface area contributed by atoms with Crippen molar-refractivity contribution in [2.75, 3.05) is 0 Å². The molecule has 0 atom stereocenters. The molecule has 0 bridgehead atoms. The van der Waals surface area contributed by atoms with Crippen molar-refractivity contribution in [2.45, 2.75) is 0 Å². The number of hydrogen-bond donors (Lipinski definition) is 0. The third-order valence-corrected chi connectivity index (χ3v) is 11.8. The SMILES string of the molecule is c1ccc(-c2cc3nc(-c4ccc5cc6cc(-c7nc8cc(-c9ccccc9)c(-c9ccccc9)cc8s7)ccc6cc5c4)oc3cc2-c2ccccc2)cc1. The van der Waals surface area contributed by atoms with Crippen LogP contribution < -0.4 is 0 Å². The number of fused-ring (bicyclic) bond motifs is 4. The van der Waals surface area contributed by atoms with Gasteiger partial charge in [0, 0.05) is 11.1 Å². The number of oxazole rings is 1. The van der Waals surface area contributed by atoms with E-state index in [0.29, 0.717) is 5.89 Å². The summed E-state index contributed by atoms with van der Waals surface area (Å²) >= 11 is 1.75. The molecule has 0 unspecified atom stereocenters. The van der Waals surface area contributed by atoms with Crippen molar-refractivity contribution in [3.63, 3.8) is 0 Å². The number of benzene rings is 9. The first kappa shape index (κ1) is 32.3. The van der Waals surface area contributed by atoms with Crippen LogP contribution in [0.25, 0.3) is 109 Å². The first-order chi connectivity index (χ1) is 27.7. The Balaban J connectivity index is 0.956. The number of rotatable bonds is 6. The summed E-state index contributed by atoms with van der Waals surface area (Å²) in [7, 11) is 0. The Kier molecular flexibility index (Phi) is 7.68. The third-order valence-electron chi connectivity index (χ3n) is 10.7. The number of thiazole rings is 1. The van der Waals surface area contributed by atoms with Gasteiger partial charge in [0.2, 0.25) is 5.89 Å². The summed E-state index contributed by atoms with van der Waals surface area (Å²) in [6.45, 7) is 0. The molecule has 4 heteroatoms. The van der Waals surface area contributed by atoms with Crippen molar-refractivity contribution in [1.82, 2.24) is 9.97 Å². The van der Waals surface area contributed by atoms with E-state index in [1.807, 2.05) is 12.1 Å². The second kappa shape index (κ2) is 13.3. The van der Waals surface area contributed by atoms with Gasteiger partial charge in [0.15, 0.2) is 5.58 Å². The smallest absolute Gasteiger partial charge is 0.227 e. The van der Waals surface area contributed by atoms with E-state index >= 15 is 0 Å². The third kappa shape index (κ3) is 5.76. The fourth-order valence-electron chi connectivity index (χ4n) is 7.88. The summed E-state index contributed by atoms with van der Waals surface area (Å²) in [6.07, 6.45) is 0. The molecule has 0 N–H and O–H groups in total. The maximum Gasteiger partial charge on any atom is 0.227 e. The minimum absolute atomic E-state index is 0.614. The van der Waals surface area contributed by atoms with Crippen LogP contribution in [0.5, 0.6) is 0 Å². The van der Waals surface area contributed by atoms with Crippen molar-refractivity contribution in [1.29, 1.82) is 0 Å². The monoisotopic (exact) mass is 732 g/mol. The molecule has 56 heavy (non-hydrogen) atoms. The minimum Gasteiger partial charge on any atom is -0.436 e. The fourth-order valence-corrected chi connectivity index (χ4v) is 8.87. The topological polar surface area (TPSA) is 38.9 Å². The largest absolute Gasteiger partial charge is 0.436 e. The Morgan fingerprint density at radius 1 is 0.339 bits per heavy atom. The summed E-state index contributed by atoms with van der Waals surface area (Å²) in [4.78, 5) is 10.2. The van der Waals surface area contributed by atoms with Gasteiger partial charge in [-0.05, 0) is 121 Å². The van der Waals surface area contributed by atoms with Gasteiger partial charge in [-0.3, -0.25) is 0 Å². The van der Waals surface area contributed by atoms with Gasteiger partial charge in [0.1, 0.15) is 10.5 Å². The molecule has 2 aromatic heterocycles. The van der Waals surface area contributed by atoms with Crippen LogP contribution in [0.15, 0.2) is 199 Å².